The molecule has 0 heterocycles. The lowest BCUT2D eigenvalue weighted by atomic mass is 10.1. The first kappa shape index (κ1) is 38.3. The maximum absolute atomic E-state index is 13.1. The van der Waals surface area contributed by atoms with Crippen molar-refractivity contribution < 1.29 is 19.2 Å². The molecule has 4 aromatic carbocycles. The molecule has 0 spiro atoms. The lowest BCUT2D eigenvalue weighted by Gasteiger charge is -2.12. The molecule has 0 aliphatic rings. The Kier molecular flexibility index (Phi) is 17.0. The Balaban J connectivity index is 1.11. The summed E-state index contributed by atoms with van der Waals surface area (Å²) >= 11 is 0. The van der Waals surface area contributed by atoms with Crippen LogP contribution < -0.4 is 21.3 Å². The Hall–Kier alpha value is -4.54. The first-order valence-corrected chi connectivity index (χ1v) is 19.4. The standard InChI is InChI=1S/C40H46N4O4S2/c45-37(43-31-19-7-5-8-20-31)27-11-1-3-17-29-41-39(47)33-23-13-15-25-35(33)49-50-36-26-16-14-24-34(36)40(48)42-30-18-4-2-12-28-38(46)44-32-21-9-6-10-22-32/h5-10,13-16,19-26H,1-4,11-12,17-18,27-30H2,(H,41,47)(H,42,48)(H,43,45)(H,44,46). The fraction of sp³-hybridized carbons (Fsp3) is 0.300. The van der Waals surface area contributed by atoms with Crippen LogP contribution in [0.15, 0.2) is 119 Å². The van der Waals surface area contributed by atoms with E-state index in [1.165, 1.54) is 21.6 Å². The van der Waals surface area contributed by atoms with Gasteiger partial charge in [0.1, 0.15) is 0 Å². The van der Waals surface area contributed by atoms with E-state index in [0.717, 1.165) is 72.5 Å². The fourth-order valence-corrected chi connectivity index (χ4v) is 7.52. The lowest BCUT2D eigenvalue weighted by molar-refractivity contribution is -0.117. The van der Waals surface area contributed by atoms with Gasteiger partial charge in [-0.25, -0.2) is 0 Å². The molecule has 0 saturated heterocycles. The molecule has 4 N–H and O–H groups in total. The van der Waals surface area contributed by atoms with Crippen molar-refractivity contribution in [3.05, 3.63) is 120 Å². The smallest absolute Gasteiger partial charge is 0.252 e. The highest BCUT2D eigenvalue weighted by Crippen LogP contribution is 2.40. The molecule has 4 amide bonds. The Morgan fingerprint density at radius 1 is 0.420 bits per heavy atom. The maximum atomic E-state index is 13.1. The number of unbranched alkanes of at least 4 members (excludes halogenated alkanes) is 6. The molecule has 4 aromatic rings. The van der Waals surface area contributed by atoms with Crippen LogP contribution in [0.2, 0.25) is 0 Å². The number of carbonyl (C=O) groups is 4. The third-order valence-corrected chi connectivity index (χ3v) is 10.3. The average Bonchev–Trinajstić information content (AvgIpc) is 3.14. The molecule has 262 valence electrons. The van der Waals surface area contributed by atoms with Gasteiger partial charge >= 0.3 is 0 Å². The van der Waals surface area contributed by atoms with E-state index in [1.54, 1.807) is 0 Å². The van der Waals surface area contributed by atoms with E-state index < -0.39 is 0 Å². The van der Waals surface area contributed by atoms with Crippen molar-refractivity contribution in [3.8, 4) is 0 Å². The van der Waals surface area contributed by atoms with Gasteiger partial charge in [-0.2, -0.15) is 0 Å². The molecule has 50 heavy (non-hydrogen) atoms. The van der Waals surface area contributed by atoms with Crippen molar-refractivity contribution in [2.45, 2.75) is 74.0 Å². The predicted molar refractivity (Wildman–Crippen MR) is 206 cm³/mol. The van der Waals surface area contributed by atoms with Crippen molar-refractivity contribution in [1.29, 1.82) is 0 Å². The second kappa shape index (κ2) is 22.2. The van der Waals surface area contributed by atoms with Crippen LogP contribution in [0.25, 0.3) is 0 Å². The van der Waals surface area contributed by atoms with Crippen LogP contribution in [0.4, 0.5) is 11.4 Å². The molecule has 0 fully saturated rings. The molecule has 10 heteroatoms. The quantitative estimate of drug-likeness (QED) is 0.0507. The van der Waals surface area contributed by atoms with E-state index in [-0.39, 0.29) is 23.6 Å². The van der Waals surface area contributed by atoms with Gasteiger partial charge in [0.25, 0.3) is 11.8 Å². The highest BCUT2D eigenvalue weighted by molar-refractivity contribution is 8.76. The number of carbonyl (C=O) groups excluding carboxylic acids is 4. The van der Waals surface area contributed by atoms with Gasteiger partial charge in [0.2, 0.25) is 11.8 Å². The van der Waals surface area contributed by atoms with Crippen molar-refractivity contribution >= 4 is 56.6 Å². The molecule has 0 bridgehead atoms. The van der Waals surface area contributed by atoms with Crippen LogP contribution in [0, 0.1) is 0 Å². The molecule has 0 saturated carbocycles. The minimum absolute atomic E-state index is 0.0187. The van der Waals surface area contributed by atoms with Crippen LogP contribution >= 0.6 is 21.6 Å². The molecular formula is C40H46N4O4S2. The number of nitrogens with one attached hydrogen (secondary N) is 4. The summed E-state index contributed by atoms with van der Waals surface area (Å²) in [5.74, 6) is -0.215. The normalized spacial score (nSPS) is 10.6. The van der Waals surface area contributed by atoms with Gasteiger partial charge in [-0.15, -0.1) is 0 Å². The van der Waals surface area contributed by atoms with Gasteiger partial charge in [0.05, 0.1) is 11.1 Å². The highest BCUT2D eigenvalue weighted by Gasteiger charge is 2.15. The van der Waals surface area contributed by atoms with Crippen LogP contribution in [-0.4, -0.2) is 36.7 Å². The number of hydrogen-bond donors (Lipinski definition) is 4. The third-order valence-electron chi connectivity index (χ3n) is 7.83. The zero-order valence-electron chi connectivity index (χ0n) is 28.3. The number of anilines is 2. The van der Waals surface area contributed by atoms with E-state index in [4.69, 9.17) is 0 Å². The summed E-state index contributed by atoms with van der Waals surface area (Å²) in [5, 5.41) is 11.9. The second-order valence-corrected chi connectivity index (χ2v) is 14.0. The van der Waals surface area contributed by atoms with E-state index in [9.17, 15) is 19.2 Å². The molecule has 0 aliphatic carbocycles. The van der Waals surface area contributed by atoms with Crippen molar-refractivity contribution in [2.75, 3.05) is 23.7 Å². The fourth-order valence-electron chi connectivity index (χ4n) is 5.16. The monoisotopic (exact) mass is 710 g/mol. The van der Waals surface area contributed by atoms with Gasteiger partial charge in [-0.3, -0.25) is 19.2 Å². The van der Waals surface area contributed by atoms with E-state index in [2.05, 4.69) is 21.3 Å². The van der Waals surface area contributed by atoms with Crippen LogP contribution in [0.3, 0.4) is 0 Å². The zero-order valence-corrected chi connectivity index (χ0v) is 30.0. The molecule has 0 radical (unpaired) electrons. The summed E-state index contributed by atoms with van der Waals surface area (Å²) in [6.07, 6.45) is 7.94. The van der Waals surface area contributed by atoms with Crippen molar-refractivity contribution in [3.63, 3.8) is 0 Å². The molecule has 0 unspecified atom stereocenters. The van der Waals surface area contributed by atoms with Gasteiger partial charge < -0.3 is 21.3 Å². The lowest BCUT2D eigenvalue weighted by Crippen LogP contribution is -2.25. The summed E-state index contributed by atoms with van der Waals surface area (Å²) in [4.78, 5) is 52.0. The number of rotatable bonds is 21. The minimum atomic E-state index is -0.126. The maximum Gasteiger partial charge on any atom is 0.252 e. The number of amides is 4. The predicted octanol–water partition coefficient (Wildman–Crippen LogP) is 9.12. The molecule has 0 atom stereocenters. The van der Waals surface area contributed by atoms with Gasteiger partial charge in [0.15, 0.2) is 0 Å². The van der Waals surface area contributed by atoms with Crippen LogP contribution in [-0.2, 0) is 9.59 Å². The summed E-state index contributed by atoms with van der Waals surface area (Å²) in [6.45, 7) is 1.13. The van der Waals surface area contributed by atoms with Gasteiger partial charge in [-0.05, 0) is 74.2 Å². The first-order valence-electron chi connectivity index (χ1n) is 17.3. The van der Waals surface area contributed by atoms with Crippen molar-refractivity contribution in [1.82, 2.24) is 10.6 Å². The number of para-hydroxylation sites is 2. The first-order chi connectivity index (χ1) is 24.5. The molecular weight excluding hydrogens is 665 g/mol. The SMILES string of the molecule is O=C(CCCCCCNC(=O)c1ccccc1SSc1ccccc1C(=O)NCCCCCCC(=O)Nc1ccccc1)Nc1ccccc1. The average molecular weight is 711 g/mol. The Bertz CT molecular complexity index is 1530. The summed E-state index contributed by atoms with van der Waals surface area (Å²) in [5.41, 5.74) is 2.82. The van der Waals surface area contributed by atoms with Crippen LogP contribution in [0.5, 0.6) is 0 Å². The number of hydrogen-bond acceptors (Lipinski definition) is 6. The molecule has 8 nitrogen and oxygen atoms in total. The Labute approximate surface area is 303 Å². The van der Waals surface area contributed by atoms with Gasteiger partial charge in [-0.1, -0.05) is 108 Å². The molecule has 4 rings (SSSR count). The largest absolute Gasteiger partial charge is 0.352 e. The Morgan fingerprint density at radius 2 is 0.780 bits per heavy atom. The summed E-state index contributed by atoms with van der Waals surface area (Å²) in [7, 11) is 2.92. The second-order valence-electron chi connectivity index (χ2n) is 11.8. The summed E-state index contributed by atoms with van der Waals surface area (Å²) < 4.78 is 0. The Morgan fingerprint density at radius 3 is 1.20 bits per heavy atom. The third kappa shape index (κ3) is 14.1. The van der Waals surface area contributed by atoms with E-state index in [1.807, 2.05) is 109 Å². The van der Waals surface area contributed by atoms with E-state index in [0.29, 0.717) is 37.1 Å². The van der Waals surface area contributed by atoms with E-state index >= 15 is 0 Å². The number of benzene rings is 4. The molecule has 0 aliphatic heterocycles. The van der Waals surface area contributed by atoms with Crippen LogP contribution in [0.1, 0.15) is 84.9 Å². The van der Waals surface area contributed by atoms with Crippen molar-refractivity contribution in [2.24, 2.45) is 0 Å². The highest BCUT2D eigenvalue weighted by atomic mass is 33.1. The minimum Gasteiger partial charge on any atom is -0.352 e. The summed E-state index contributed by atoms with van der Waals surface area (Å²) in [6, 6.07) is 33.9. The molecule has 0 aromatic heterocycles. The zero-order chi connectivity index (χ0) is 35.2. The van der Waals surface area contributed by atoms with Gasteiger partial charge in [0, 0.05) is 47.1 Å². The topological polar surface area (TPSA) is 116 Å².